The summed E-state index contributed by atoms with van der Waals surface area (Å²) >= 11 is 4.57. The summed E-state index contributed by atoms with van der Waals surface area (Å²) in [5.74, 6) is 0.389. The van der Waals surface area contributed by atoms with Crippen LogP contribution in [0.4, 0.5) is 17.6 Å². The lowest BCUT2D eigenvalue weighted by molar-refractivity contribution is -0.137. The normalized spacial score (nSPS) is 11.2. The van der Waals surface area contributed by atoms with Crippen molar-refractivity contribution < 1.29 is 22.4 Å². The Morgan fingerprint density at radius 3 is 1.98 bits per heavy atom. The number of aryl methyl sites for hydroxylation is 1. The van der Waals surface area contributed by atoms with Gasteiger partial charge in [0.1, 0.15) is 10.3 Å². The molecule has 1 aromatic heterocycles. The number of nitrogens with zero attached hydrogens (tertiary/aromatic N) is 4. The van der Waals surface area contributed by atoms with Gasteiger partial charge in [0.05, 0.1) is 5.56 Å². The number of carbonyl (C=O) groups excluding carboxylic acids is 1. The molecule has 0 atom stereocenters. The van der Waals surface area contributed by atoms with Crippen molar-refractivity contribution in [2.75, 3.05) is 26.2 Å². The number of thioether (sulfide) groups is 1. The van der Waals surface area contributed by atoms with Gasteiger partial charge < -0.3 is 14.4 Å². The zero-order valence-corrected chi connectivity index (χ0v) is 27.6. The van der Waals surface area contributed by atoms with E-state index < -0.39 is 11.7 Å². The molecule has 4 rings (SSSR count). The molecule has 0 spiro atoms. The van der Waals surface area contributed by atoms with E-state index in [4.69, 9.17) is 0 Å². The van der Waals surface area contributed by atoms with E-state index in [-0.39, 0.29) is 11.4 Å². The van der Waals surface area contributed by atoms with Crippen LogP contribution in [0.1, 0.15) is 30.5 Å². The molecule has 0 unspecified atom stereocenters. The van der Waals surface area contributed by atoms with Gasteiger partial charge >= 0.3 is 6.18 Å². The fourth-order valence-electron chi connectivity index (χ4n) is 4.23. The number of rotatable bonds is 12. The van der Waals surface area contributed by atoms with Crippen molar-refractivity contribution >= 4 is 34.1 Å². The quantitative estimate of drug-likeness (QED) is 0.0656. The molecule has 6 nitrogen and oxygen atoms in total. The van der Waals surface area contributed by atoms with Crippen LogP contribution in [0.3, 0.4) is 0 Å². The Balaban J connectivity index is 0.000000265. The predicted molar refractivity (Wildman–Crippen MR) is 174 cm³/mol. The third-order valence-corrected chi connectivity index (χ3v) is 8.58. The van der Waals surface area contributed by atoms with Gasteiger partial charge in [-0.05, 0) is 75.5 Å². The van der Waals surface area contributed by atoms with Crippen molar-refractivity contribution in [2.24, 2.45) is 7.05 Å². The number of amides is 1. The second kappa shape index (κ2) is 17.3. The third-order valence-electron chi connectivity index (χ3n) is 6.92. The summed E-state index contributed by atoms with van der Waals surface area (Å²) in [5, 5.41) is 0.632. The molecule has 0 radical (unpaired) electrons. The maximum Gasteiger partial charge on any atom is 0.416 e. The van der Waals surface area contributed by atoms with Crippen molar-refractivity contribution in [3.63, 3.8) is 0 Å². The highest BCUT2D eigenvalue weighted by atomic mass is 79.9. The van der Waals surface area contributed by atoms with E-state index in [1.807, 2.05) is 31.3 Å². The molecule has 240 valence electrons. The summed E-state index contributed by atoms with van der Waals surface area (Å²) in [6.07, 6.45) is -1.79. The minimum Gasteiger partial charge on any atom is -0.340 e. The van der Waals surface area contributed by atoms with Crippen LogP contribution in [0.5, 0.6) is 0 Å². The average molecular weight is 708 g/mol. The number of likely N-dealkylation sites (N-methyl/N-ethyl adjacent to an activating group) is 1. The molecule has 4 aromatic rings. The van der Waals surface area contributed by atoms with E-state index in [0.717, 1.165) is 60.4 Å². The SMILES string of the molecule is CCN(CC)CCN(C=O)Cc1ccc(-c2ccc(C(F)(F)F)cc2)cc1.Cn1cc(Br)c(=O)nc1SCc1ccc(F)cc1. The van der Waals surface area contributed by atoms with Gasteiger partial charge in [-0.2, -0.15) is 18.2 Å². The Kier molecular flexibility index (Phi) is 13.8. The number of hydrogen-bond donors (Lipinski definition) is 0. The third kappa shape index (κ3) is 11.4. The molecule has 3 aromatic carbocycles. The molecule has 1 heterocycles. The Labute approximate surface area is 273 Å². The number of benzene rings is 3. The Morgan fingerprint density at radius 1 is 0.889 bits per heavy atom. The second-order valence-electron chi connectivity index (χ2n) is 10.1. The van der Waals surface area contributed by atoms with Crippen LogP contribution in [-0.2, 0) is 30.3 Å². The molecule has 0 saturated carbocycles. The molecule has 0 aliphatic heterocycles. The first-order valence-electron chi connectivity index (χ1n) is 14.2. The van der Waals surface area contributed by atoms with Gasteiger partial charge in [0.25, 0.3) is 5.56 Å². The number of halogens is 5. The molecule has 45 heavy (non-hydrogen) atoms. The summed E-state index contributed by atoms with van der Waals surface area (Å²) < 4.78 is 52.9. The molecule has 0 saturated heterocycles. The summed E-state index contributed by atoms with van der Waals surface area (Å²) in [6, 6.07) is 18.9. The summed E-state index contributed by atoms with van der Waals surface area (Å²) in [7, 11) is 1.82. The number of aromatic nitrogens is 2. The van der Waals surface area contributed by atoms with E-state index in [1.165, 1.54) is 36.0 Å². The standard InChI is InChI=1S/C21H25F3N2O.C12H10BrFN2OS/c1-3-25(4-2)13-14-26(16-27)15-17-5-7-18(8-6-17)19-9-11-20(12-10-19)21(22,23)24;1-16-6-10(13)11(17)15-12(16)18-7-8-2-4-9(14)5-3-8/h5-12,16H,3-4,13-15H2,1-2H3;2-6H,7H2,1H3. The molecular weight excluding hydrogens is 672 g/mol. The molecule has 0 bridgehead atoms. The van der Waals surface area contributed by atoms with E-state index in [0.29, 0.717) is 28.5 Å². The van der Waals surface area contributed by atoms with E-state index in [2.05, 4.69) is 39.7 Å². The molecule has 0 N–H and O–H groups in total. The first-order valence-corrected chi connectivity index (χ1v) is 16.0. The molecule has 1 amide bonds. The number of alkyl halides is 3. The zero-order valence-electron chi connectivity index (χ0n) is 25.2. The van der Waals surface area contributed by atoms with Gasteiger partial charge in [-0.15, -0.1) is 0 Å². The van der Waals surface area contributed by atoms with Crippen LogP contribution >= 0.6 is 27.7 Å². The van der Waals surface area contributed by atoms with Gasteiger partial charge in [-0.3, -0.25) is 9.59 Å². The predicted octanol–water partition coefficient (Wildman–Crippen LogP) is 7.65. The van der Waals surface area contributed by atoms with Crippen LogP contribution in [0.15, 0.2) is 93.4 Å². The van der Waals surface area contributed by atoms with Gasteiger partial charge in [-0.1, -0.05) is 74.1 Å². The highest BCUT2D eigenvalue weighted by Crippen LogP contribution is 2.31. The van der Waals surface area contributed by atoms with Crippen molar-refractivity contribution in [3.8, 4) is 11.1 Å². The summed E-state index contributed by atoms with van der Waals surface area (Å²) in [4.78, 5) is 30.7. The van der Waals surface area contributed by atoms with Gasteiger partial charge in [0.15, 0.2) is 5.16 Å². The number of carbonyl (C=O) groups is 1. The fraction of sp³-hybridized carbons (Fsp3) is 0.303. The van der Waals surface area contributed by atoms with Crippen molar-refractivity contribution in [2.45, 2.75) is 37.5 Å². The lowest BCUT2D eigenvalue weighted by Gasteiger charge is -2.23. The lowest BCUT2D eigenvalue weighted by atomic mass is 10.0. The minimum absolute atomic E-state index is 0.252. The first kappa shape index (κ1) is 36.0. The molecular formula is C33H35BrF4N4O2S. The van der Waals surface area contributed by atoms with Crippen LogP contribution < -0.4 is 5.56 Å². The maximum atomic E-state index is 12.7. The average Bonchev–Trinajstić information content (AvgIpc) is 3.03. The van der Waals surface area contributed by atoms with Crippen LogP contribution in [0, 0.1) is 5.82 Å². The highest BCUT2D eigenvalue weighted by molar-refractivity contribution is 9.10. The van der Waals surface area contributed by atoms with Crippen molar-refractivity contribution in [1.82, 2.24) is 19.4 Å². The summed E-state index contributed by atoms with van der Waals surface area (Å²) in [5.41, 5.74) is 2.60. The van der Waals surface area contributed by atoms with Crippen molar-refractivity contribution in [1.29, 1.82) is 0 Å². The van der Waals surface area contributed by atoms with Crippen molar-refractivity contribution in [3.05, 3.63) is 116 Å². The molecule has 0 aliphatic carbocycles. The van der Waals surface area contributed by atoms with Crippen LogP contribution in [-0.4, -0.2) is 51.9 Å². The highest BCUT2D eigenvalue weighted by Gasteiger charge is 2.29. The van der Waals surface area contributed by atoms with Crippen LogP contribution in [0.25, 0.3) is 11.1 Å². The van der Waals surface area contributed by atoms with E-state index in [9.17, 15) is 27.2 Å². The smallest absolute Gasteiger partial charge is 0.340 e. The lowest BCUT2D eigenvalue weighted by Crippen LogP contribution is -2.34. The summed E-state index contributed by atoms with van der Waals surface area (Å²) in [6.45, 7) is 8.08. The minimum atomic E-state index is -4.33. The van der Waals surface area contributed by atoms with Crippen LogP contribution in [0.2, 0.25) is 0 Å². The van der Waals surface area contributed by atoms with Gasteiger partial charge in [-0.25, -0.2) is 4.39 Å². The Bertz CT molecular complexity index is 1560. The maximum absolute atomic E-state index is 12.7. The van der Waals surface area contributed by atoms with Gasteiger partial charge in [0.2, 0.25) is 6.41 Å². The monoisotopic (exact) mass is 706 g/mol. The molecule has 0 fully saturated rings. The largest absolute Gasteiger partial charge is 0.416 e. The van der Waals surface area contributed by atoms with Gasteiger partial charge in [0, 0.05) is 38.6 Å². The Morgan fingerprint density at radius 2 is 1.44 bits per heavy atom. The van der Waals surface area contributed by atoms with E-state index in [1.54, 1.807) is 27.8 Å². The fourth-order valence-corrected chi connectivity index (χ4v) is 5.52. The van der Waals surface area contributed by atoms with E-state index >= 15 is 0 Å². The first-order chi connectivity index (χ1) is 21.4. The Hall–Kier alpha value is -3.48. The molecule has 12 heteroatoms. The molecule has 0 aliphatic rings. The second-order valence-corrected chi connectivity index (χ2v) is 11.9. The zero-order chi connectivity index (χ0) is 33.0. The number of hydrogen-bond acceptors (Lipinski definition) is 5. The topological polar surface area (TPSA) is 58.4 Å².